The zero-order valence-electron chi connectivity index (χ0n) is 11.6. The molecular formula is C14H30N2S. The molecule has 0 spiro atoms. The standard InChI is InChI=1S/C14H30N2S/c1-3-12(2)14-8-4-6-13(11-17-15)7-5-9-16-10-14/h12-14,16H,3-11,15H2,1-2H3. The van der Waals surface area contributed by atoms with Crippen molar-refractivity contribution in [3.05, 3.63) is 0 Å². The van der Waals surface area contributed by atoms with Crippen molar-refractivity contribution in [1.82, 2.24) is 5.32 Å². The molecular weight excluding hydrogens is 228 g/mol. The molecule has 3 N–H and O–H groups in total. The van der Waals surface area contributed by atoms with Gasteiger partial charge in [0.15, 0.2) is 0 Å². The van der Waals surface area contributed by atoms with E-state index in [0.717, 1.165) is 23.5 Å². The van der Waals surface area contributed by atoms with Gasteiger partial charge in [-0.15, -0.1) is 0 Å². The summed E-state index contributed by atoms with van der Waals surface area (Å²) < 4.78 is 0. The first-order valence-corrected chi connectivity index (χ1v) is 8.35. The molecule has 0 aromatic rings. The zero-order chi connectivity index (χ0) is 12.5. The van der Waals surface area contributed by atoms with Gasteiger partial charge in [-0.25, -0.2) is 0 Å². The number of rotatable bonds is 4. The van der Waals surface area contributed by atoms with Crippen molar-refractivity contribution in [3.63, 3.8) is 0 Å². The maximum Gasteiger partial charge on any atom is 0.0105 e. The molecule has 17 heavy (non-hydrogen) atoms. The van der Waals surface area contributed by atoms with Crippen molar-refractivity contribution < 1.29 is 0 Å². The lowest BCUT2D eigenvalue weighted by molar-refractivity contribution is 0.284. The Morgan fingerprint density at radius 1 is 1.29 bits per heavy atom. The van der Waals surface area contributed by atoms with E-state index in [0.29, 0.717) is 0 Å². The van der Waals surface area contributed by atoms with Gasteiger partial charge in [0.1, 0.15) is 0 Å². The van der Waals surface area contributed by atoms with Crippen molar-refractivity contribution in [1.29, 1.82) is 0 Å². The summed E-state index contributed by atoms with van der Waals surface area (Å²) in [5.41, 5.74) is 0. The summed E-state index contributed by atoms with van der Waals surface area (Å²) >= 11 is 1.53. The summed E-state index contributed by atoms with van der Waals surface area (Å²) in [5.74, 6) is 3.74. The highest BCUT2D eigenvalue weighted by atomic mass is 32.2. The van der Waals surface area contributed by atoms with E-state index in [9.17, 15) is 0 Å². The van der Waals surface area contributed by atoms with E-state index in [1.165, 1.54) is 63.6 Å². The maximum atomic E-state index is 5.62. The van der Waals surface area contributed by atoms with Gasteiger partial charge in [0, 0.05) is 5.75 Å². The lowest BCUT2D eigenvalue weighted by Crippen LogP contribution is -2.29. The largest absolute Gasteiger partial charge is 0.316 e. The topological polar surface area (TPSA) is 38.0 Å². The molecule has 0 aliphatic carbocycles. The van der Waals surface area contributed by atoms with Gasteiger partial charge in [0.2, 0.25) is 0 Å². The van der Waals surface area contributed by atoms with Gasteiger partial charge in [0.05, 0.1) is 0 Å². The van der Waals surface area contributed by atoms with E-state index in [4.69, 9.17) is 5.14 Å². The Kier molecular flexibility index (Phi) is 8.33. The Hall–Kier alpha value is 0.270. The molecule has 1 aliphatic heterocycles. The highest BCUT2D eigenvalue weighted by Crippen LogP contribution is 2.25. The summed E-state index contributed by atoms with van der Waals surface area (Å²) in [4.78, 5) is 0. The van der Waals surface area contributed by atoms with Gasteiger partial charge in [-0.05, 0) is 56.5 Å². The first-order chi connectivity index (χ1) is 8.27. The van der Waals surface area contributed by atoms with Crippen LogP contribution >= 0.6 is 11.9 Å². The molecule has 0 aromatic carbocycles. The van der Waals surface area contributed by atoms with E-state index >= 15 is 0 Å². The Morgan fingerprint density at radius 3 is 2.76 bits per heavy atom. The van der Waals surface area contributed by atoms with Gasteiger partial charge in [0.25, 0.3) is 0 Å². The van der Waals surface area contributed by atoms with Crippen LogP contribution < -0.4 is 10.5 Å². The van der Waals surface area contributed by atoms with Crippen LogP contribution in [-0.4, -0.2) is 18.8 Å². The minimum atomic E-state index is 0.850. The van der Waals surface area contributed by atoms with Crippen LogP contribution in [0.2, 0.25) is 0 Å². The number of hydrogen-bond acceptors (Lipinski definition) is 3. The normalized spacial score (nSPS) is 29.8. The lowest BCUT2D eigenvalue weighted by atomic mass is 9.85. The lowest BCUT2D eigenvalue weighted by Gasteiger charge is -2.26. The van der Waals surface area contributed by atoms with Crippen LogP contribution in [0.25, 0.3) is 0 Å². The molecule has 0 aromatic heterocycles. The second-order valence-corrected chi connectivity index (χ2v) is 6.29. The Bertz CT molecular complexity index is 187. The van der Waals surface area contributed by atoms with Crippen LogP contribution in [0.4, 0.5) is 0 Å². The highest BCUT2D eigenvalue weighted by molar-refractivity contribution is 7.97. The average Bonchev–Trinajstić information content (AvgIpc) is 2.36. The van der Waals surface area contributed by atoms with Gasteiger partial charge >= 0.3 is 0 Å². The van der Waals surface area contributed by atoms with E-state index in [1.54, 1.807) is 0 Å². The summed E-state index contributed by atoms with van der Waals surface area (Å²) in [5, 5.41) is 9.26. The molecule has 0 bridgehead atoms. The van der Waals surface area contributed by atoms with E-state index in [2.05, 4.69) is 19.2 Å². The molecule has 1 saturated heterocycles. The quantitative estimate of drug-likeness (QED) is 0.759. The molecule has 0 amide bonds. The monoisotopic (exact) mass is 258 g/mol. The molecule has 1 heterocycles. The number of hydrogen-bond donors (Lipinski definition) is 2. The smallest absolute Gasteiger partial charge is 0.0105 e. The van der Waals surface area contributed by atoms with Crippen LogP contribution in [0.3, 0.4) is 0 Å². The summed E-state index contributed by atoms with van der Waals surface area (Å²) in [6.07, 6.45) is 8.16. The predicted octanol–water partition coefficient (Wildman–Crippen LogP) is 3.43. The first kappa shape index (κ1) is 15.3. The van der Waals surface area contributed by atoms with Crippen LogP contribution in [0.15, 0.2) is 0 Å². The maximum absolute atomic E-state index is 5.62. The minimum absolute atomic E-state index is 0.850. The van der Waals surface area contributed by atoms with Crippen molar-refractivity contribution >= 4 is 11.9 Å². The van der Waals surface area contributed by atoms with Crippen LogP contribution in [0, 0.1) is 17.8 Å². The fourth-order valence-electron chi connectivity index (χ4n) is 2.84. The third-order valence-electron chi connectivity index (χ3n) is 4.34. The molecule has 1 aliphatic rings. The third kappa shape index (κ3) is 6.12. The summed E-state index contributed by atoms with van der Waals surface area (Å²) in [7, 11) is 0. The number of nitrogens with two attached hydrogens (primary N) is 1. The SMILES string of the molecule is CCC(C)C1CCCC(CSN)CCCNC1. The summed E-state index contributed by atoms with van der Waals surface area (Å²) in [6, 6.07) is 0. The molecule has 3 atom stereocenters. The molecule has 1 fully saturated rings. The average molecular weight is 258 g/mol. The number of nitrogens with one attached hydrogen (secondary N) is 1. The Balaban J connectivity index is 2.38. The first-order valence-electron chi connectivity index (χ1n) is 7.30. The molecule has 0 radical (unpaired) electrons. The fraction of sp³-hybridized carbons (Fsp3) is 1.00. The molecule has 2 nitrogen and oxygen atoms in total. The molecule has 3 heteroatoms. The van der Waals surface area contributed by atoms with Gasteiger partial charge in [-0.3, -0.25) is 5.14 Å². The molecule has 3 unspecified atom stereocenters. The third-order valence-corrected chi connectivity index (χ3v) is 5.00. The van der Waals surface area contributed by atoms with Crippen molar-refractivity contribution in [2.75, 3.05) is 18.8 Å². The van der Waals surface area contributed by atoms with Crippen LogP contribution in [-0.2, 0) is 0 Å². The summed E-state index contributed by atoms with van der Waals surface area (Å²) in [6.45, 7) is 7.15. The van der Waals surface area contributed by atoms with E-state index < -0.39 is 0 Å². The van der Waals surface area contributed by atoms with Gasteiger partial charge in [-0.1, -0.05) is 38.6 Å². The van der Waals surface area contributed by atoms with E-state index in [-0.39, 0.29) is 0 Å². The van der Waals surface area contributed by atoms with Crippen molar-refractivity contribution in [2.24, 2.45) is 22.9 Å². The van der Waals surface area contributed by atoms with E-state index in [1.807, 2.05) is 0 Å². The Labute approximate surface area is 112 Å². The minimum Gasteiger partial charge on any atom is -0.316 e. The fourth-order valence-corrected chi connectivity index (χ4v) is 3.45. The van der Waals surface area contributed by atoms with Crippen LogP contribution in [0.1, 0.15) is 52.4 Å². The van der Waals surface area contributed by atoms with Crippen LogP contribution in [0.5, 0.6) is 0 Å². The molecule has 0 saturated carbocycles. The highest BCUT2D eigenvalue weighted by Gasteiger charge is 2.18. The zero-order valence-corrected chi connectivity index (χ0v) is 12.4. The van der Waals surface area contributed by atoms with Gasteiger partial charge < -0.3 is 5.32 Å². The van der Waals surface area contributed by atoms with Crippen molar-refractivity contribution in [2.45, 2.75) is 52.4 Å². The second kappa shape index (κ2) is 9.23. The molecule has 102 valence electrons. The van der Waals surface area contributed by atoms with Crippen molar-refractivity contribution in [3.8, 4) is 0 Å². The second-order valence-electron chi connectivity index (χ2n) is 5.62. The Morgan fingerprint density at radius 2 is 2.06 bits per heavy atom. The van der Waals surface area contributed by atoms with Gasteiger partial charge in [-0.2, -0.15) is 0 Å². The molecule has 1 rings (SSSR count). The predicted molar refractivity (Wildman–Crippen MR) is 79.0 cm³/mol.